The van der Waals surface area contributed by atoms with Gasteiger partial charge in [0, 0.05) is 0 Å². The minimum atomic E-state index is -0.206. The van der Waals surface area contributed by atoms with E-state index in [1.807, 2.05) is 0 Å². The molecule has 0 radical (unpaired) electrons. The Kier molecular flexibility index (Phi) is 8.64. The van der Waals surface area contributed by atoms with Crippen LogP contribution in [0.15, 0.2) is 0 Å². The number of hydrogen-bond donors (Lipinski definition) is 0. The second-order valence-corrected chi connectivity index (χ2v) is 3.44. The Morgan fingerprint density at radius 2 is 1.86 bits per heavy atom. The number of hydrogen-bond acceptors (Lipinski definition) is 3. The summed E-state index contributed by atoms with van der Waals surface area (Å²) in [5.41, 5.74) is 0. The average Bonchev–Trinajstić information content (AvgIpc) is 2.20. The maximum atomic E-state index is 11.5. The van der Waals surface area contributed by atoms with Crippen LogP contribution in [0.2, 0.25) is 0 Å². The van der Waals surface area contributed by atoms with Crippen molar-refractivity contribution in [1.29, 1.82) is 0 Å². The van der Waals surface area contributed by atoms with Crippen molar-refractivity contribution >= 4 is 5.97 Å². The molecule has 0 spiro atoms. The van der Waals surface area contributed by atoms with Gasteiger partial charge in [0.2, 0.25) is 0 Å². The normalized spacial score (nSPS) is 12.5. The summed E-state index contributed by atoms with van der Waals surface area (Å²) in [6.45, 7) is 6.41. The van der Waals surface area contributed by atoms with Crippen molar-refractivity contribution in [2.75, 3.05) is 6.61 Å². The molecule has 1 unspecified atom stereocenters. The van der Waals surface area contributed by atoms with E-state index in [9.17, 15) is 4.79 Å². The first-order chi connectivity index (χ1) is 6.76. The molecule has 0 aromatic carbocycles. The van der Waals surface area contributed by atoms with Gasteiger partial charge in [0.05, 0.1) is 12.5 Å². The molecule has 0 heterocycles. The third kappa shape index (κ3) is 5.97. The molecule has 0 aromatic heterocycles. The van der Waals surface area contributed by atoms with Crippen LogP contribution in [0.5, 0.6) is 0 Å². The Morgan fingerprint density at radius 3 is 2.36 bits per heavy atom. The van der Waals surface area contributed by atoms with E-state index in [4.69, 9.17) is 0 Å². The standard InChI is InChI=1S/C11H22O3/c1-4-7-9-10(8-5-2)11(12)14-13-6-3/h10H,4-9H2,1-3H3. The van der Waals surface area contributed by atoms with Crippen molar-refractivity contribution in [2.45, 2.75) is 52.9 Å². The maximum Gasteiger partial charge on any atom is 0.345 e. The quantitative estimate of drug-likeness (QED) is 0.448. The molecule has 3 nitrogen and oxygen atoms in total. The summed E-state index contributed by atoms with van der Waals surface area (Å²) in [4.78, 5) is 20.8. The molecular weight excluding hydrogens is 180 g/mol. The van der Waals surface area contributed by atoms with Crippen LogP contribution < -0.4 is 0 Å². The molecule has 0 bridgehead atoms. The van der Waals surface area contributed by atoms with Gasteiger partial charge in [-0.1, -0.05) is 33.1 Å². The van der Waals surface area contributed by atoms with Gasteiger partial charge in [-0.2, -0.15) is 4.89 Å². The predicted octanol–water partition coefficient (Wildman–Crippen LogP) is 3.09. The maximum absolute atomic E-state index is 11.5. The van der Waals surface area contributed by atoms with E-state index < -0.39 is 0 Å². The summed E-state index contributed by atoms with van der Waals surface area (Å²) in [5.74, 6) is -0.186. The van der Waals surface area contributed by atoms with Gasteiger partial charge in [-0.25, -0.2) is 4.79 Å². The summed E-state index contributed by atoms with van der Waals surface area (Å²) in [6, 6.07) is 0. The Balaban J connectivity index is 3.84. The lowest BCUT2D eigenvalue weighted by Gasteiger charge is -2.12. The average molecular weight is 202 g/mol. The number of carbonyl (C=O) groups excluding carboxylic acids is 1. The van der Waals surface area contributed by atoms with E-state index in [-0.39, 0.29) is 11.9 Å². The summed E-state index contributed by atoms with van der Waals surface area (Å²) in [6.07, 6.45) is 5.01. The third-order valence-electron chi connectivity index (χ3n) is 2.14. The fourth-order valence-electron chi connectivity index (χ4n) is 1.36. The monoisotopic (exact) mass is 202 g/mol. The molecule has 0 aliphatic heterocycles. The third-order valence-corrected chi connectivity index (χ3v) is 2.14. The van der Waals surface area contributed by atoms with Gasteiger partial charge < -0.3 is 0 Å². The lowest BCUT2D eigenvalue weighted by atomic mass is 9.97. The second-order valence-electron chi connectivity index (χ2n) is 3.44. The van der Waals surface area contributed by atoms with Crippen LogP contribution in [0.4, 0.5) is 0 Å². The molecule has 14 heavy (non-hydrogen) atoms. The van der Waals surface area contributed by atoms with Gasteiger partial charge in [-0.15, -0.1) is 0 Å². The minimum absolute atomic E-state index is 0.0199. The summed E-state index contributed by atoms with van der Waals surface area (Å²) in [5, 5.41) is 0. The highest BCUT2D eigenvalue weighted by Gasteiger charge is 2.19. The summed E-state index contributed by atoms with van der Waals surface area (Å²) < 4.78 is 0. The Hall–Kier alpha value is -0.570. The predicted molar refractivity (Wildman–Crippen MR) is 55.6 cm³/mol. The molecule has 84 valence electrons. The van der Waals surface area contributed by atoms with Gasteiger partial charge in [0.1, 0.15) is 0 Å². The van der Waals surface area contributed by atoms with E-state index in [2.05, 4.69) is 23.6 Å². The van der Waals surface area contributed by atoms with Crippen molar-refractivity contribution < 1.29 is 14.6 Å². The van der Waals surface area contributed by atoms with E-state index in [1.54, 1.807) is 6.92 Å². The van der Waals surface area contributed by atoms with Gasteiger partial charge in [-0.05, 0) is 19.8 Å². The highest BCUT2D eigenvalue weighted by molar-refractivity contribution is 5.71. The molecule has 0 aliphatic rings. The zero-order valence-corrected chi connectivity index (χ0v) is 9.54. The van der Waals surface area contributed by atoms with Crippen LogP contribution in [-0.4, -0.2) is 12.6 Å². The molecule has 3 heteroatoms. The highest BCUT2D eigenvalue weighted by atomic mass is 17.2. The fraction of sp³-hybridized carbons (Fsp3) is 0.909. The molecule has 1 atom stereocenters. The van der Waals surface area contributed by atoms with Gasteiger partial charge in [0.25, 0.3) is 0 Å². The van der Waals surface area contributed by atoms with Gasteiger partial charge >= 0.3 is 5.97 Å². The zero-order chi connectivity index (χ0) is 10.8. The van der Waals surface area contributed by atoms with Crippen LogP contribution in [-0.2, 0) is 14.6 Å². The van der Waals surface area contributed by atoms with Crippen LogP contribution in [0, 0.1) is 5.92 Å². The molecule has 0 amide bonds. The Bertz CT molecular complexity index is 145. The van der Waals surface area contributed by atoms with Crippen LogP contribution >= 0.6 is 0 Å². The lowest BCUT2D eigenvalue weighted by Crippen LogP contribution is -2.18. The molecule has 0 saturated heterocycles. The smallest absolute Gasteiger partial charge is 0.298 e. The van der Waals surface area contributed by atoms with Crippen molar-refractivity contribution in [2.24, 2.45) is 5.92 Å². The molecule has 0 saturated carbocycles. The Labute approximate surface area is 86.7 Å². The Morgan fingerprint density at radius 1 is 1.14 bits per heavy atom. The topological polar surface area (TPSA) is 35.5 Å². The number of carbonyl (C=O) groups is 1. The molecular formula is C11H22O3. The first-order valence-corrected chi connectivity index (χ1v) is 5.59. The van der Waals surface area contributed by atoms with Crippen LogP contribution in [0.1, 0.15) is 52.9 Å². The minimum Gasteiger partial charge on any atom is -0.298 e. The molecule has 0 fully saturated rings. The lowest BCUT2D eigenvalue weighted by molar-refractivity contribution is -0.273. The van der Waals surface area contributed by atoms with Gasteiger partial charge in [-0.3, -0.25) is 4.89 Å². The van der Waals surface area contributed by atoms with E-state index in [0.29, 0.717) is 6.61 Å². The molecule has 0 rings (SSSR count). The summed E-state index contributed by atoms with van der Waals surface area (Å²) >= 11 is 0. The first kappa shape index (κ1) is 13.4. The zero-order valence-electron chi connectivity index (χ0n) is 9.54. The molecule has 0 aliphatic carbocycles. The summed E-state index contributed by atoms with van der Waals surface area (Å²) in [7, 11) is 0. The highest BCUT2D eigenvalue weighted by Crippen LogP contribution is 2.16. The van der Waals surface area contributed by atoms with Crippen LogP contribution in [0.3, 0.4) is 0 Å². The van der Waals surface area contributed by atoms with Crippen molar-refractivity contribution in [3.8, 4) is 0 Å². The van der Waals surface area contributed by atoms with Crippen LogP contribution in [0.25, 0.3) is 0 Å². The molecule has 0 aromatic rings. The van der Waals surface area contributed by atoms with Crippen molar-refractivity contribution in [1.82, 2.24) is 0 Å². The van der Waals surface area contributed by atoms with Crippen molar-refractivity contribution in [3.05, 3.63) is 0 Å². The second kappa shape index (κ2) is 9.00. The number of rotatable bonds is 8. The van der Waals surface area contributed by atoms with Crippen molar-refractivity contribution in [3.63, 3.8) is 0 Å². The number of unbranched alkanes of at least 4 members (excludes halogenated alkanes) is 1. The first-order valence-electron chi connectivity index (χ1n) is 5.59. The largest absolute Gasteiger partial charge is 0.345 e. The molecule has 0 N–H and O–H groups in total. The van der Waals surface area contributed by atoms with E-state index >= 15 is 0 Å². The SMILES string of the molecule is CCCCC(CCC)C(=O)OOCC. The van der Waals surface area contributed by atoms with E-state index in [1.165, 1.54) is 0 Å². The fourth-order valence-corrected chi connectivity index (χ4v) is 1.36. The van der Waals surface area contributed by atoms with Gasteiger partial charge in [0.15, 0.2) is 0 Å². The van der Waals surface area contributed by atoms with E-state index in [0.717, 1.165) is 32.1 Å².